The molecule has 0 aromatic carbocycles. The minimum Gasteiger partial charge on any atom is -0.364 e. The summed E-state index contributed by atoms with van der Waals surface area (Å²) in [5, 5.41) is 3.68. The normalized spacial score (nSPS) is 37.7. The fourth-order valence-corrected chi connectivity index (χ4v) is 3.43. The fourth-order valence-electron chi connectivity index (χ4n) is 3.43. The predicted molar refractivity (Wildman–Crippen MR) is 84.3 cm³/mol. The molecule has 0 aromatic rings. The number of carbonyl (C=O) groups excluding carboxylic acids is 1. The van der Waals surface area contributed by atoms with E-state index >= 15 is 0 Å². The van der Waals surface area contributed by atoms with Crippen molar-refractivity contribution in [1.29, 1.82) is 0 Å². The van der Waals surface area contributed by atoms with Gasteiger partial charge in [0.05, 0.1) is 6.10 Å². The van der Waals surface area contributed by atoms with Crippen molar-refractivity contribution in [3.63, 3.8) is 0 Å². The minimum absolute atomic E-state index is 0.0961. The van der Waals surface area contributed by atoms with E-state index in [1.165, 1.54) is 6.42 Å². The molecule has 5 nitrogen and oxygen atoms in total. The highest BCUT2D eigenvalue weighted by Crippen LogP contribution is 2.23. The lowest BCUT2D eigenvalue weighted by Gasteiger charge is -2.40. The maximum absolute atomic E-state index is 11.9. The molecule has 2 heterocycles. The summed E-state index contributed by atoms with van der Waals surface area (Å²) in [5.41, 5.74) is 0. The molecule has 0 radical (unpaired) electrons. The number of hydrogen-bond donors (Lipinski definition) is 1. The van der Waals surface area contributed by atoms with Crippen LogP contribution in [0, 0.1) is 5.92 Å². The summed E-state index contributed by atoms with van der Waals surface area (Å²) in [6.45, 7) is 6.61. The number of rotatable bonds is 4. The second-order valence-electron chi connectivity index (χ2n) is 7.07. The summed E-state index contributed by atoms with van der Waals surface area (Å²) in [6, 6.07) is 1.19. The number of piperidine rings is 1. The van der Waals surface area contributed by atoms with Crippen LogP contribution in [0.5, 0.6) is 0 Å². The van der Waals surface area contributed by atoms with Crippen molar-refractivity contribution in [1.82, 2.24) is 15.1 Å². The van der Waals surface area contributed by atoms with E-state index in [9.17, 15) is 4.79 Å². The van der Waals surface area contributed by atoms with Crippen LogP contribution in [0.4, 0.5) is 0 Å². The van der Waals surface area contributed by atoms with Gasteiger partial charge in [-0.2, -0.15) is 0 Å². The molecule has 2 aliphatic rings. The topological polar surface area (TPSA) is 44.8 Å². The van der Waals surface area contributed by atoms with Crippen molar-refractivity contribution >= 4 is 5.91 Å². The third kappa shape index (κ3) is 4.18. The lowest BCUT2D eigenvalue weighted by atomic mass is 9.90. The number of ether oxygens (including phenoxy) is 1. The summed E-state index contributed by atoms with van der Waals surface area (Å²) in [6.07, 6.45) is 2.96. The first-order valence-electron chi connectivity index (χ1n) is 8.18. The summed E-state index contributed by atoms with van der Waals surface area (Å²) in [5.74, 6) is 0.755. The Bertz CT molecular complexity index is 361. The van der Waals surface area contributed by atoms with Gasteiger partial charge in [0, 0.05) is 39.3 Å². The van der Waals surface area contributed by atoms with Gasteiger partial charge in [-0.3, -0.25) is 4.79 Å². The first kappa shape index (κ1) is 16.7. The molecule has 0 saturated carbocycles. The molecule has 1 amide bonds. The van der Waals surface area contributed by atoms with E-state index in [0.29, 0.717) is 18.0 Å². The van der Waals surface area contributed by atoms with Crippen LogP contribution < -0.4 is 5.32 Å². The Morgan fingerprint density at radius 1 is 1.33 bits per heavy atom. The average molecular weight is 297 g/mol. The molecule has 2 rings (SSSR count). The van der Waals surface area contributed by atoms with E-state index in [4.69, 9.17) is 4.74 Å². The van der Waals surface area contributed by atoms with Crippen molar-refractivity contribution in [2.45, 2.75) is 57.4 Å². The number of amides is 1. The molecule has 0 aromatic heterocycles. The number of carbonyl (C=O) groups is 1. The number of hydrogen-bond acceptors (Lipinski definition) is 4. The van der Waals surface area contributed by atoms with E-state index in [-0.39, 0.29) is 18.1 Å². The Balaban J connectivity index is 1.75. The molecule has 2 fully saturated rings. The molecular formula is C16H31N3O2. The zero-order chi connectivity index (χ0) is 15.6. The van der Waals surface area contributed by atoms with E-state index in [0.717, 1.165) is 25.9 Å². The standard InChI is InChI=1S/C16H31N3O2/c1-11-10-19(5)12(2)8-14(11)17-9-13-6-7-15(21-13)16(20)18(3)4/h11-15,17H,6-10H2,1-5H3/t11-,12-,13-,14+,15+/m1/s1. The lowest BCUT2D eigenvalue weighted by molar-refractivity contribution is -0.140. The van der Waals surface area contributed by atoms with Crippen LogP contribution in [0.2, 0.25) is 0 Å². The van der Waals surface area contributed by atoms with Gasteiger partial charge in [0.2, 0.25) is 0 Å². The quantitative estimate of drug-likeness (QED) is 0.839. The third-order valence-electron chi connectivity index (χ3n) is 5.04. The van der Waals surface area contributed by atoms with Crippen LogP contribution in [0.1, 0.15) is 33.1 Å². The highest BCUT2D eigenvalue weighted by Gasteiger charge is 2.33. The lowest BCUT2D eigenvalue weighted by Crippen LogP contribution is -2.52. The van der Waals surface area contributed by atoms with Gasteiger partial charge in [0.1, 0.15) is 6.10 Å². The van der Waals surface area contributed by atoms with E-state index in [1.807, 2.05) is 0 Å². The maximum Gasteiger partial charge on any atom is 0.251 e. The van der Waals surface area contributed by atoms with Crippen LogP contribution in [0.3, 0.4) is 0 Å². The molecule has 21 heavy (non-hydrogen) atoms. The fraction of sp³-hybridized carbons (Fsp3) is 0.938. The largest absolute Gasteiger partial charge is 0.364 e. The van der Waals surface area contributed by atoms with Crippen molar-refractivity contribution in [3.8, 4) is 0 Å². The maximum atomic E-state index is 11.9. The summed E-state index contributed by atoms with van der Waals surface area (Å²) < 4.78 is 5.89. The molecule has 2 aliphatic heterocycles. The number of nitrogens with one attached hydrogen (secondary N) is 1. The second kappa shape index (κ2) is 7.07. The van der Waals surface area contributed by atoms with Gasteiger partial charge in [-0.05, 0) is 39.2 Å². The third-order valence-corrected chi connectivity index (χ3v) is 5.04. The summed E-state index contributed by atoms with van der Waals surface area (Å²) >= 11 is 0. The zero-order valence-electron chi connectivity index (χ0n) is 14.1. The molecule has 0 bridgehead atoms. The number of nitrogens with zero attached hydrogens (tertiary/aromatic N) is 2. The number of likely N-dealkylation sites (N-methyl/N-ethyl adjacent to an activating group) is 1. The molecule has 2 saturated heterocycles. The van der Waals surface area contributed by atoms with E-state index in [2.05, 4.69) is 31.1 Å². The Morgan fingerprint density at radius 3 is 2.71 bits per heavy atom. The molecule has 1 N–H and O–H groups in total. The van der Waals surface area contributed by atoms with Crippen LogP contribution in [-0.4, -0.2) is 74.2 Å². The van der Waals surface area contributed by atoms with Gasteiger partial charge in [0.15, 0.2) is 0 Å². The minimum atomic E-state index is -0.236. The van der Waals surface area contributed by atoms with Gasteiger partial charge in [-0.1, -0.05) is 6.92 Å². The van der Waals surface area contributed by atoms with Crippen molar-refractivity contribution < 1.29 is 9.53 Å². The van der Waals surface area contributed by atoms with Crippen LogP contribution in [0.15, 0.2) is 0 Å². The van der Waals surface area contributed by atoms with Crippen molar-refractivity contribution in [2.75, 3.05) is 34.2 Å². The van der Waals surface area contributed by atoms with Gasteiger partial charge < -0.3 is 19.9 Å². The van der Waals surface area contributed by atoms with Gasteiger partial charge in [-0.15, -0.1) is 0 Å². The number of likely N-dealkylation sites (tertiary alicyclic amines) is 1. The SMILES string of the molecule is C[C@@H]1CN(C)[C@H](C)C[C@@H]1NC[C@H]1CC[C@@H](C(=O)N(C)C)O1. The molecule has 0 spiro atoms. The summed E-state index contributed by atoms with van der Waals surface area (Å²) in [7, 11) is 5.78. The van der Waals surface area contributed by atoms with E-state index < -0.39 is 0 Å². The van der Waals surface area contributed by atoms with E-state index in [1.54, 1.807) is 19.0 Å². The van der Waals surface area contributed by atoms with Crippen molar-refractivity contribution in [2.24, 2.45) is 5.92 Å². The first-order valence-corrected chi connectivity index (χ1v) is 8.18. The monoisotopic (exact) mass is 297 g/mol. The molecule has 122 valence electrons. The Labute approximate surface area is 129 Å². The highest BCUT2D eigenvalue weighted by atomic mass is 16.5. The smallest absolute Gasteiger partial charge is 0.251 e. The van der Waals surface area contributed by atoms with Crippen LogP contribution in [0.25, 0.3) is 0 Å². The zero-order valence-corrected chi connectivity index (χ0v) is 14.1. The molecule has 5 heteroatoms. The second-order valence-corrected chi connectivity index (χ2v) is 7.07. The Kier molecular flexibility index (Phi) is 5.63. The van der Waals surface area contributed by atoms with Crippen LogP contribution in [-0.2, 0) is 9.53 Å². The Morgan fingerprint density at radius 2 is 2.05 bits per heavy atom. The highest BCUT2D eigenvalue weighted by molar-refractivity contribution is 5.80. The first-order chi connectivity index (χ1) is 9.88. The van der Waals surface area contributed by atoms with Gasteiger partial charge >= 0.3 is 0 Å². The molecule has 0 unspecified atom stereocenters. The van der Waals surface area contributed by atoms with Gasteiger partial charge in [-0.25, -0.2) is 0 Å². The summed E-state index contributed by atoms with van der Waals surface area (Å²) in [4.78, 5) is 16.0. The Hall–Kier alpha value is -0.650. The molecular weight excluding hydrogens is 266 g/mol. The molecule has 0 aliphatic carbocycles. The van der Waals surface area contributed by atoms with Crippen molar-refractivity contribution in [3.05, 3.63) is 0 Å². The van der Waals surface area contributed by atoms with Gasteiger partial charge in [0.25, 0.3) is 5.91 Å². The van der Waals surface area contributed by atoms with Crippen LogP contribution >= 0.6 is 0 Å². The average Bonchev–Trinajstić information content (AvgIpc) is 2.89. The predicted octanol–water partition coefficient (Wildman–Crippen LogP) is 0.941. The molecule has 5 atom stereocenters.